The molecule has 2 heterocycles. The van der Waals surface area contributed by atoms with Gasteiger partial charge in [0.1, 0.15) is 0 Å². The fourth-order valence-corrected chi connectivity index (χ4v) is 11.0. The second-order valence-electron chi connectivity index (χ2n) is 12.9. The largest absolute Gasteiger partial charge is 0.310 e. The first-order valence-corrected chi connectivity index (χ1v) is 18.7. The molecular formula is C46H31N2OP. The van der Waals surface area contributed by atoms with E-state index < -0.39 is 7.14 Å². The topological polar surface area (TPSA) is 23.6 Å². The van der Waals surface area contributed by atoms with Gasteiger partial charge in [-0.2, -0.15) is 0 Å². The molecule has 0 aromatic heterocycles. The SMILES string of the molecule is O=P1(c2ccccc2)c2ccc(N(c3ccccc3)c3ccccc3)cc2-c2cc(N3c4ccccc4-c4cccc5cccc3c45)ccc21. The highest BCUT2D eigenvalue weighted by molar-refractivity contribution is 7.86. The first kappa shape index (κ1) is 28.8. The molecule has 0 bridgehead atoms. The Morgan fingerprint density at radius 2 is 0.980 bits per heavy atom. The van der Waals surface area contributed by atoms with E-state index in [1.807, 2.05) is 42.5 Å². The number of anilines is 6. The van der Waals surface area contributed by atoms with Crippen molar-refractivity contribution in [3.05, 3.63) is 188 Å². The molecule has 1 unspecified atom stereocenters. The van der Waals surface area contributed by atoms with E-state index in [9.17, 15) is 0 Å². The van der Waals surface area contributed by atoms with Crippen molar-refractivity contribution in [1.29, 1.82) is 0 Å². The van der Waals surface area contributed by atoms with E-state index in [0.717, 1.165) is 61.2 Å². The molecular weight excluding hydrogens is 627 g/mol. The molecule has 0 saturated heterocycles. The third kappa shape index (κ3) is 4.21. The van der Waals surface area contributed by atoms with Crippen molar-refractivity contribution in [2.24, 2.45) is 0 Å². The van der Waals surface area contributed by atoms with Gasteiger partial charge in [0.15, 0.2) is 7.14 Å². The summed E-state index contributed by atoms with van der Waals surface area (Å²) in [5.74, 6) is 0. The normalized spacial score (nSPS) is 15.3. The Hall–Kier alpha value is -6.15. The summed E-state index contributed by atoms with van der Waals surface area (Å²) in [6, 6.07) is 65.6. The van der Waals surface area contributed by atoms with E-state index in [0.29, 0.717) is 0 Å². The quantitative estimate of drug-likeness (QED) is 0.172. The van der Waals surface area contributed by atoms with Gasteiger partial charge in [0.2, 0.25) is 0 Å². The van der Waals surface area contributed by atoms with Crippen LogP contribution in [-0.4, -0.2) is 0 Å². The Labute approximate surface area is 291 Å². The second kappa shape index (κ2) is 11.2. The van der Waals surface area contributed by atoms with Gasteiger partial charge in [0.05, 0.1) is 11.4 Å². The highest BCUT2D eigenvalue weighted by Gasteiger charge is 2.41. The van der Waals surface area contributed by atoms with Crippen molar-refractivity contribution >= 4 is 68.0 Å². The van der Waals surface area contributed by atoms with Crippen LogP contribution in [0.25, 0.3) is 33.0 Å². The van der Waals surface area contributed by atoms with Crippen LogP contribution in [0, 0.1) is 0 Å². The van der Waals surface area contributed by atoms with Crippen LogP contribution in [0.1, 0.15) is 0 Å². The van der Waals surface area contributed by atoms with Crippen LogP contribution in [0.15, 0.2) is 188 Å². The lowest BCUT2D eigenvalue weighted by Crippen LogP contribution is -2.21. The number of rotatable bonds is 5. The van der Waals surface area contributed by atoms with Crippen LogP contribution in [0.5, 0.6) is 0 Å². The zero-order chi connectivity index (χ0) is 33.2. The van der Waals surface area contributed by atoms with Gasteiger partial charge < -0.3 is 14.4 Å². The monoisotopic (exact) mass is 658 g/mol. The second-order valence-corrected chi connectivity index (χ2v) is 15.6. The minimum absolute atomic E-state index is 0.852. The Balaban J connectivity index is 1.22. The van der Waals surface area contributed by atoms with Crippen molar-refractivity contribution in [2.45, 2.75) is 0 Å². The molecule has 3 nitrogen and oxygen atoms in total. The molecule has 0 amide bonds. The lowest BCUT2D eigenvalue weighted by atomic mass is 9.90. The number of hydrogen-bond acceptors (Lipinski definition) is 3. The summed E-state index contributed by atoms with van der Waals surface area (Å²) < 4.78 is 15.7. The molecule has 8 aromatic rings. The summed E-state index contributed by atoms with van der Waals surface area (Å²) in [4.78, 5) is 4.65. The molecule has 8 aromatic carbocycles. The number of para-hydroxylation sites is 3. The fourth-order valence-electron chi connectivity index (χ4n) is 7.99. The summed E-state index contributed by atoms with van der Waals surface area (Å²) in [6.45, 7) is 0. The highest BCUT2D eigenvalue weighted by Crippen LogP contribution is 2.56. The third-order valence-corrected chi connectivity index (χ3v) is 13.3. The van der Waals surface area contributed by atoms with Gasteiger partial charge in [-0.05, 0) is 94.9 Å². The van der Waals surface area contributed by atoms with E-state index in [-0.39, 0.29) is 0 Å². The molecule has 0 fully saturated rings. The van der Waals surface area contributed by atoms with E-state index in [2.05, 4.69) is 155 Å². The molecule has 10 rings (SSSR count). The zero-order valence-electron chi connectivity index (χ0n) is 27.1. The third-order valence-electron chi connectivity index (χ3n) is 10.2. The maximum atomic E-state index is 15.7. The lowest BCUT2D eigenvalue weighted by Gasteiger charge is -2.33. The van der Waals surface area contributed by atoms with Gasteiger partial charge in [0.25, 0.3) is 0 Å². The van der Waals surface area contributed by atoms with Gasteiger partial charge in [-0.3, -0.25) is 0 Å². The molecule has 0 saturated carbocycles. The van der Waals surface area contributed by atoms with E-state index in [1.54, 1.807) is 0 Å². The van der Waals surface area contributed by atoms with Crippen LogP contribution in [0.4, 0.5) is 34.1 Å². The van der Waals surface area contributed by atoms with Gasteiger partial charge in [-0.15, -0.1) is 0 Å². The maximum Gasteiger partial charge on any atom is 0.172 e. The average Bonchev–Trinajstić information content (AvgIpc) is 3.44. The molecule has 0 aliphatic carbocycles. The Kier molecular flexibility index (Phi) is 6.46. The summed E-state index contributed by atoms with van der Waals surface area (Å²) in [6.07, 6.45) is 0. The van der Waals surface area contributed by atoms with Crippen molar-refractivity contribution < 1.29 is 4.57 Å². The maximum absolute atomic E-state index is 15.7. The Morgan fingerprint density at radius 3 is 1.70 bits per heavy atom. The van der Waals surface area contributed by atoms with E-state index in [1.165, 1.54) is 21.9 Å². The van der Waals surface area contributed by atoms with Crippen molar-refractivity contribution in [3.8, 4) is 22.3 Å². The number of benzene rings is 8. The predicted molar refractivity (Wildman–Crippen MR) is 211 cm³/mol. The van der Waals surface area contributed by atoms with Gasteiger partial charge in [-0.25, -0.2) is 0 Å². The molecule has 50 heavy (non-hydrogen) atoms. The minimum Gasteiger partial charge on any atom is -0.310 e. The Bertz CT molecular complexity index is 2590. The van der Waals surface area contributed by atoms with Crippen LogP contribution in [0.2, 0.25) is 0 Å². The zero-order valence-corrected chi connectivity index (χ0v) is 28.0. The first-order chi connectivity index (χ1) is 24.7. The van der Waals surface area contributed by atoms with Crippen molar-refractivity contribution in [2.75, 3.05) is 9.80 Å². The standard InChI is InChI=1S/C46H31N2OP/c49-50(37-20-8-3-9-21-37)44-28-26-35(47(33-16-4-1-5-17-33)34-18-6-2-7-19-34)30-40(44)41-31-36(27-29-45(41)50)48-42-24-11-10-22-38(42)39-23-12-14-32-15-13-25-43(48)46(32)39/h1-31H. The summed E-state index contributed by atoms with van der Waals surface area (Å²) >= 11 is 0. The highest BCUT2D eigenvalue weighted by atomic mass is 31.2. The number of hydrogen-bond donors (Lipinski definition) is 0. The van der Waals surface area contributed by atoms with E-state index >= 15 is 4.57 Å². The van der Waals surface area contributed by atoms with Crippen LogP contribution in [0.3, 0.4) is 0 Å². The van der Waals surface area contributed by atoms with Crippen molar-refractivity contribution in [1.82, 2.24) is 0 Å². The molecule has 0 N–H and O–H groups in total. The molecule has 0 spiro atoms. The lowest BCUT2D eigenvalue weighted by molar-refractivity contribution is 0.593. The van der Waals surface area contributed by atoms with Crippen LogP contribution >= 0.6 is 7.14 Å². The van der Waals surface area contributed by atoms with Gasteiger partial charge in [-0.1, -0.05) is 115 Å². The van der Waals surface area contributed by atoms with Crippen molar-refractivity contribution in [3.63, 3.8) is 0 Å². The smallest absolute Gasteiger partial charge is 0.172 e. The number of nitrogens with zero attached hydrogens (tertiary/aromatic N) is 2. The van der Waals surface area contributed by atoms with Crippen LogP contribution in [-0.2, 0) is 4.57 Å². The average molecular weight is 659 g/mol. The molecule has 4 heteroatoms. The first-order valence-electron chi connectivity index (χ1n) is 17.0. The molecule has 2 aliphatic heterocycles. The Morgan fingerprint density at radius 1 is 0.420 bits per heavy atom. The van der Waals surface area contributed by atoms with Gasteiger partial charge in [0, 0.05) is 49.6 Å². The molecule has 0 radical (unpaired) electrons. The summed E-state index contributed by atoms with van der Waals surface area (Å²) in [5, 5.41) is 5.08. The number of fused-ring (bicyclic) bond motifs is 5. The van der Waals surface area contributed by atoms with E-state index in [4.69, 9.17) is 0 Å². The summed E-state index contributed by atoms with van der Waals surface area (Å²) in [7, 11) is -3.16. The summed E-state index contributed by atoms with van der Waals surface area (Å²) in [5.41, 5.74) is 10.9. The molecule has 2 aliphatic rings. The van der Waals surface area contributed by atoms with Crippen LogP contribution < -0.4 is 25.7 Å². The molecule has 236 valence electrons. The minimum atomic E-state index is -3.16. The molecule has 1 atom stereocenters. The van der Waals surface area contributed by atoms with Gasteiger partial charge >= 0.3 is 0 Å². The fraction of sp³-hybridized carbons (Fsp3) is 0. The predicted octanol–water partition coefficient (Wildman–Crippen LogP) is 11.4.